The Kier molecular flexibility index (Phi) is 6.89. The van der Waals surface area contributed by atoms with Gasteiger partial charge in [-0.1, -0.05) is 79.7 Å². The van der Waals surface area contributed by atoms with Crippen LogP contribution in [0.2, 0.25) is 0 Å². The third kappa shape index (κ3) is 4.26. The number of halogens is 1. The number of methoxy groups -OCH3 is 1. The third-order valence-electron chi connectivity index (χ3n) is 7.91. The van der Waals surface area contributed by atoms with E-state index in [0.717, 1.165) is 22.4 Å². The van der Waals surface area contributed by atoms with Crippen molar-refractivity contribution in [2.45, 2.75) is 43.2 Å². The summed E-state index contributed by atoms with van der Waals surface area (Å²) in [5, 5.41) is 3.77. The lowest BCUT2D eigenvalue weighted by Gasteiger charge is -2.40. The van der Waals surface area contributed by atoms with Crippen LogP contribution in [0.4, 0.5) is 4.39 Å². The average molecular weight is 540 g/mol. The van der Waals surface area contributed by atoms with Crippen LogP contribution < -0.4 is 10.1 Å². The molecule has 3 aromatic rings. The fourth-order valence-electron chi connectivity index (χ4n) is 5.71. The molecule has 0 spiro atoms. The highest BCUT2D eigenvalue weighted by Gasteiger charge is 2.51. The van der Waals surface area contributed by atoms with E-state index < -0.39 is 42.2 Å². The Hall–Kier alpha value is -4.37. The number of aliphatic imine (C=N–C) groups is 3. The summed E-state index contributed by atoms with van der Waals surface area (Å²) in [6.45, 7) is 1.68. The van der Waals surface area contributed by atoms with E-state index in [-0.39, 0.29) is 0 Å². The number of amidine groups is 1. The first-order chi connectivity index (χ1) is 19.6. The molecule has 2 unspecified atom stereocenters. The summed E-state index contributed by atoms with van der Waals surface area (Å²) in [4.78, 5) is 27.0. The van der Waals surface area contributed by atoms with Crippen molar-refractivity contribution in [3.63, 3.8) is 0 Å². The van der Waals surface area contributed by atoms with Crippen LogP contribution in [-0.4, -0.2) is 67.5 Å². The summed E-state index contributed by atoms with van der Waals surface area (Å²) in [6, 6.07) is 27.7. The van der Waals surface area contributed by atoms with Crippen LogP contribution in [0.1, 0.15) is 23.6 Å². The van der Waals surface area contributed by atoms with Crippen molar-refractivity contribution < 1.29 is 18.7 Å². The van der Waals surface area contributed by atoms with Gasteiger partial charge >= 0.3 is 0 Å². The first-order valence-electron chi connectivity index (χ1n) is 13.3. The topological polar surface area (TPSA) is 87.9 Å². The lowest BCUT2D eigenvalue weighted by Crippen LogP contribution is -2.56. The SMILES string of the molecule is COc1ccc(C(NC2=NC=NC3C2N=CN3[C@@H]2O[C@H](C=O)[C@@H](C)[C@H]2F)(c2ccccc2)c2ccccc2)cc1. The molecular formula is C31H30FN5O3. The number of carbonyl (C=O) groups is 1. The molecule has 0 bridgehead atoms. The largest absolute Gasteiger partial charge is 0.497 e. The van der Waals surface area contributed by atoms with E-state index in [1.165, 1.54) is 6.34 Å². The molecule has 204 valence electrons. The summed E-state index contributed by atoms with van der Waals surface area (Å²) in [7, 11) is 1.64. The Labute approximate surface area is 232 Å². The van der Waals surface area contributed by atoms with Crippen LogP contribution in [0.25, 0.3) is 0 Å². The molecule has 0 radical (unpaired) electrons. The molecule has 3 heterocycles. The fraction of sp³-hybridized carbons (Fsp3) is 0.290. The second-order valence-electron chi connectivity index (χ2n) is 10.1. The highest BCUT2D eigenvalue weighted by molar-refractivity contribution is 5.98. The van der Waals surface area contributed by atoms with Crippen molar-refractivity contribution in [3.05, 3.63) is 102 Å². The first-order valence-corrected chi connectivity index (χ1v) is 13.3. The molecular weight excluding hydrogens is 509 g/mol. The van der Waals surface area contributed by atoms with E-state index in [1.807, 2.05) is 60.7 Å². The second-order valence-corrected chi connectivity index (χ2v) is 10.1. The highest BCUT2D eigenvalue weighted by atomic mass is 19.1. The monoisotopic (exact) mass is 539 g/mol. The van der Waals surface area contributed by atoms with Gasteiger partial charge in [0.25, 0.3) is 0 Å². The number of rotatable bonds is 7. The van der Waals surface area contributed by atoms with E-state index >= 15 is 4.39 Å². The number of hydrogen-bond donors (Lipinski definition) is 1. The fourth-order valence-corrected chi connectivity index (χ4v) is 5.71. The number of fused-ring (bicyclic) bond motifs is 1. The molecule has 1 saturated heterocycles. The molecule has 0 saturated carbocycles. The first kappa shape index (κ1) is 25.9. The Bertz CT molecular complexity index is 1390. The van der Waals surface area contributed by atoms with Gasteiger partial charge in [0, 0.05) is 5.92 Å². The number of nitrogens with one attached hydrogen (secondary N) is 1. The number of carbonyl (C=O) groups excluding carboxylic acids is 1. The van der Waals surface area contributed by atoms with E-state index in [9.17, 15) is 4.79 Å². The van der Waals surface area contributed by atoms with Crippen LogP contribution in [0.3, 0.4) is 0 Å². The number of ether oxygens (including phenoxy) is 2. The Morgan fingerprint density at radius 1 is 0.950 bits per heavy atom. The van der Waals surface area contributed by atoms with Gasteiger partial charge in [0.15, 0.2) is 18.6 Å². The summed E-state index contributed by atoms with van der Waals surface area (Å²) < 4.78 is 26.4. The molecule has 1 N–H and O–H groups in total. The van der Waals surface area contributed by atoms with E-state index in [0.29, 0.717) is 12.1 Å². The molecule has 0 aromatic heterocycles. The second kappa shape index (κ2) is 10.7. The number of aldehydes is 1. The smallest absolute Gasteiger partial charge is 0.165 e. The van der Waals surface area contributed by atoms with Gasteiger partial charge in [0.05, 0.1) is 13.4 Å². The minimum atomic E-state index is -1.36. The Balaban J connectivity index is 1.41. The third-order valence-corrected chi connectivity index (χ3v) is 7.91. The van der Waals surface area contributed by atoms with Gasteiger partial charge in [-0.3, -0.25) is 4.99 Å². The number of benzene rings is 3. The molecule has 8 nitrogen and oxygen atoms in total. The Morgan fingerprint density at radius 3 is 2.15 bits per heavy atom. The van der Waals surface area contributed by atoms with Crippen LogP contribution in [0, 0.1) is 5.92 Å². The van der Waals surface area contributed by atoms with Gasteiger partial charge in [0.2, 0.25) is 0 Å². The normalized spacial score (nSPS) is 27.3. The zero-order valence-corrected chi connectivity index (χ0v) is 22.2. The lowest BCUT2D eigenvalue weighted by atomic mass is 9.76. The minimum absolute atomic E-state index is 0.531. The van der Waals surface area contributed by atoms with E-state index in [4.69, 9.17) is 14.5 Å². The van der Waals surface area contributed by atoms with Gasteiger partial charge < -0.3 is 24.5 Å². The van der Waals surface area contributed by atoms with E-state index in [2.05, 4.69) is 39.6 Å². The predicted molar refractivity (Wildman–Crippen MR) is 152 cm³/mol. The zero-order chi connectivity index (χ0) is 27.7. The molecule has 0 aliphatic carbocycles. The maximum atomic E-state index is 15.2. The predicted octanol–water partition coefficient (Wildman–Crippen LogP) is 3.95. The van der Waals surface area contributed by atoms with Gasteiger partial charge in [-0.05, 0) is 28.8 Å². The minimum Gasteiger partial charge on any atom is -0.497 e. The summed E-state index contributed by atoms with van der Waals surface area (Å²) in [5.41, 5.74) is 2.11. The lowest BCUT2D eigenvalue weighted by molar-refractivity contribution is -0.122. The number of alkyl halides is 1. The van der Waals surface area contributed by atoms with Crippen LogP contribution >= 0.6 is 0 Å². The quantitative estimate of drug-likeness (QED) is 0.363. The standard InChI is InChI=1S/C31H30FN5O3/c1-20-25(17-38)40-30(26(20)32)37-19-35-27-28(33-18-34-29(27)37)36-31(21-9-5-3-6-10-21,22-11-7-4-8-12-22)23-13-15-24(39-2)16-14-23/h3-20,25-27,29-30H,1-2H3,(H,33,34,36)/t20-,25-,26-,27?,29?,30-/m1/s1. The zero-order valence-electron chi connectivity index (χ0n) is 22.2. The van der Waals surface area contributed by atoms with Crippen LogP contribution in [0.15, 0.2) is 99.9 Å². The molecule has 1 fully saturated rings. The molecule has 40 heavy (non-hydrogen) atoms. The molecule has 3 aromatic carbocycles. The maximum Gasteiger partial charge on any atom is 0.165 e. The van der Waals surface area contributed by atoms with Crippen molar-refractivity contribution in [3.8, 4) is 5.75 Å². The summed E-state index contributed by atoms with van der Waals surface area (Å²) >= 11 is 0. The number of nitrogens with zero attached hydrogens (tertiary/aromatic N) is 4. The van der Waals surface area contributed by atoms with Gasteiger partial charge in [-0.2, -0.15) is 0 Å². The summed E-state index contributed by atoms with van der Waals surface area (Å²) in [5.74, 6) is 0.764. The van der Waals surface area contributed by atoms with Crippen LogP contribution in [-0.2, 0) is 15.1 Å². The molecule has 0 amide bonds. The van der Waals surface area contributed by atoms with E-state index in [1.54, 1.807) is 25.3 Å². The summed E-state index contributed by atoms with van der Waals surface area (Å²) in [6.07, 6.45) is -0.0161. The van der Waals surface area contributed by atoms with Gasteiger partial charge in [-0.25, -0.2) is 14.4 Å². The van der Waals surface area contributed by atoms with Crippen molar-refractivity contribution >= 4 is 24.8 Å². The van der Waals surface area contributed by atoms with Crippen molar-refractivity contribution in [2.24, 2.45) is 20.9 Å². The molecule has 6 atom stereocenters. The van der Waals surface area contributed by atoms with Gasteiger partial charge in [0.1, 0.15) is 41.9 Å². The molecule has 6 rings (SSSR count). The van der Waals surface area contributed by atoms with Gasteiger partial charge in [-0.15, -0.1) is 0 Å². The average Bonchev–Trinajstić information content (AvgIpc) is 3.57. The van der Waals surface area contributed by atoms with Crippen LogP contribution in [0.5, 0.6) is 5.75 Å². The van der Waals surface area contributed by atoms with Crippen molar-refractivity contribution in [1.82, 2.24) is 10.2 Å². The maximum absolute atomic E-state index is 15.2. The Morgan fingerprint density at radius 2 is 1.57 bits per heavy atom. The van der Waals surface area contributed by atoms with Crippen molar-refractivity contribution in [2.75, 3.05) is 7.11 Å². The molecule has 9 heteroatoms. The highest BCUT2D eigenvalue weighted by Crippen LogP contribution is 2.39. The molecule has 3 aliphatic rings. The van der Waals surface area contributed by atoms with Crippen molar-refractivity contribution in [1.29, 1.82) is 0 Å². The molecule has 3 aliphatic heterocycles. The number of hydrogen-bond acceptors (Lipinski definition) is 8.